The van der Waals surface area contributed by atoms with Gasteiger partial charge in [-0.1, -0.05) is 42.4 Å². The summed E-state index contributed by atoms with van der Waals surface area (Å²) in [6.07, 6.45) is 3.94. The topological polar surface area (TPSA) is 9.23 Å². The molecule has 1 saturated carbocycles. The quantitative estimate of drug-likeness (QED) is 0.695. The van der Waals surface area contributed by atoms with Gasteiger partial charge >= 0.3 is 0 Å². The number of hydrogen-bond donors (Lipinski definition) is 0. The summed E-state index contributed by atoms with van der Waals surface area (Å²) in [4.78, 5) is 0. The molecular formula is C18H23BrO. The fraction of sp³-hybridized carbons (Fsp3) is 0.556. The second-order valence-electron chi connectivity index (χ2n) is 6.80. The third-order valence-corrected chi connectivity index (χ3v) is 5.88. The van der Waals surface area contributed by atoms with Crippen LogP contribution in [-0.2, 0) is 11.2 Å². The Morgan fingerprint density at radius 1 is 1.25 bits per heavy atom. The molecule has 0 saturated heterocycles. The van der Waals surface area contributed by atoms with Gasteiger partial charge in [-0.25, -0.2) is 0 Å². The summed E-state index contributed by atoms with van der Waals surface area (Å²) in [5, 5.41) is 0. The van der Waals surface area contributed by atoms with Crippen LogP contribution in [0.4, 0.5) is 0 Å². The highest BCUT2D eigenvalue weighted by Gasteiger charge is 2.48. The van der Waals surface area contributed by atoms with Crippen LogP contribution in [0.3, 0.4) is 0 Å². The number of hydrogen-bond acceptors (Lipinski definition) is 1. The molecule has 0 aliphatic heterocycles. The number of rotatable bonds is 1. The van der Waals surface area contributed by atoms with E-state index < -0.39 is 0 Å². The molecule has 1 aromatic rings. The third kappa shape index (κ3) is 2.08. The van der Waals surface area contributed by atoms with Gasteiger partial charge in [0.2, 0.25) is 0 Å². The van der Waals surface area contributed by atoms with Gasteiger partial charge in [0.1, 0.15) is 0 Å². The second-order valence-corrected chi connectivity index (χ2v) is 7.72. The number of allylic oxidation sites excluding steroid dienone is 1. The molecule has 0 aromatic heterocycles. The molecule has 0 N–H and O–H groups in total. The summed E-state index contributed by atoms with van der Waals surface area (Å²) in [5.74, 6) is 1.19. The van der Waals surface area contributed by atoms with Crippen molar-refractivity contribution >= 4 is 21.5 Å². The predicted octanol–water partition coefficient (Wildman–Crippen LogP) is 5.09. The summed E-state index contributed by atoms with van der Waals surface area (Å²) in [7, 11) is 1.85. The molecule has 1 fully saturated rings. The van der Waals surface area contributed by atoms with Gasteiger partial charge in [0.25, 0.3) is 0 Å². The van der Waals surface area contributed by atoms with Crippen molar-refractivity contribution in [3.63, 3.8) is 0 Å². The maximum absolute atomic E-state index is 5.71. The highest BCUT2D eigenvalue weighted by molar-refractivity contribution is 9.10. The van der Waals surface area contributed by atoms with Crippen LogP contribution in [-0.4, -0.2) is 13.2 Å². The Hall–Kier alpha value is -0.600. The lowest BCUT2D eigenvalue weighted by atomic mass is 9.62. The Balaban J connectivity index is 1.95. The van der Waals surface area contributed by atoms with Crippen LogP contribution in [0.25, 0.3) is 5.57 Å². The minimum Gasteiger partial charge on any atom is -0.381 e. The second kappa shape index (κ2) is 4.99. The fourth-order valence-corrected chi connectivity index (χ4v) is 5.07. The molecule has 2 aliphatic carbocycles. The maximum atomic E-state index is 5.71. The van der Waals surface area contributed by atoms with E-state index in [1.807, 2.05) is 7.11 Å². The lowest BCUT2D eigenvalue weighted by Crippen LogP contribution is -2.41. The summed E-state index contributed by atoms with van der Waals surface area (Å²) in [6, 6.07) is 6.65. The highest BCUT2D eigenvalue weighted by Crippen LogP contribution is 2.57. The summed E-state index contributed by atoms with van der Waals surface area (Å²) >= 11 is 3.59. The molecule has 1 nitrogen and oxygen atoms in total. The first kappa shape index (κ1) is 14.3. The Kier molecular flexibility index (Phi) is 3.58. The Morgan fingerprint density at radius 2 is 1.90 bits per heavy atom. The largest absolute Gasteiger partial charge is 0.381 e. The normalized spacial score (nSPS) is 36.4. The Bertz CT molecular complexity index is 536. The van der Waals surface area contributed by atoms with E-state index in [4.69, 9.17) is 4.74 Å². The van der Waals surface area contributed by atoms with Gasteiger partial charge in [-0.15, -0.1) is 0 Å². The zero-order chi connectivity index (χ0) is 14.5. The van der Waals surface area contributed by atoms with Crippen LogP contribution in [0.15, 0.2) is 29.3 Å². The molecule has 1 spiro atoms. The zero-order valence-corrected chi connectivity index (χ0v) is 14.2. The third-order valence-electron chi connectivity index (χ3n) is 5.39. The van der Waals surface area contributed by atoms with Crippen molar-refractivity contribution in [3.05, 3.63) is 40.4 Å². The minimum absolute atomic E-state index is 0.261. The van der Waals surface area contributed by atoms with Crippen molar-refractivity contribution in [1.82, 2.24) is 0 Å². The van der Waals surface area contributed by atoms with Crippen LogP contribution in [0.5, 0.6) is 0 Å². The monoisotopic (exact) mass is 334 g/mol. The molecule has 3 rings (SSSR count). The zero-order valence-electron chi connectivity index (χ0n) is 12.6. The van der Waals surface area contributed by atoms with Crippen molar-refractivity contribution in [2.45, 2.75) is 39.2 Å². The van der Waals surface area contributed by atoms with E-state index in [0.717, 1.165) is 10.9 Å². The van der Waals surface area contributed by atoms with E-state index in [9.17, 15) is 0 Å². The molecule has 0 bridgehead atoms. The van der Waals surface area contributed by atoms with Crippen molar-refractivity contribution in [3.8, 4) is 0 Å². The van der Waals surface area contributed by atoms with Crippen LogP contribution >= 0.6 is 15.9 Å². The van der Waals surface area contributed by atoms with E-state index in [-0.39, 0.29) is 5.41 Å². The lowest BCUT2D eigenvalue weighted by molar-refractivity contribution is -0.0363. The maximum Gasteiger partial charge on any atom is 0.0623 e. The van der Waals surface area contributed by atoms with Gasteiger partial charge in [-0.2, -0.15) is 0 Å². The molecule has 20 heavy (non-hydrogen) atoms. The average molecular weight is 335 g/mol. The molecule has 108 valence electrons. The lowest BCUT2D eigenvalue weighted by Gasteiger charge is -2.45. The smallest absolute Gasteiger partial charge is 0.0623 e. The van der Waals surface area contributed by atoms with Gasteiger partial charge < -0.3 is 4.74 Å². The molecule has 2 unspecified atom stereocenters. The van der Waals surface area contributed by atoms with Crippen LogP contribution < -0.4 is 0 Å². The summed E-state index contributed by atoms with van der Waals surface area (Å²) in [6.45, 7) is 9.13. The average Bonchev–Trinajstić information content (AvgIpc) is 2.63. The van der Waals surface area contributed by atoms with Gasteiger partial charge in [0, 0.05) is 17.0 Å². The Morgan fingerprint density at radius 3 is 2.50 bits per heavy atom. The molecular weight excluding hydrogens is 312 g/mol. The highest BCUT2D eigenvalue weighted by atomic mass is 79.9. The van der Waals surface area contributed by atoms with E-state index in [2.05, 4.69) is 54.6 Å². The molecule has 0 radical (unpaired) electrons. The number of halogens is 1. The number of fused-ring (bicyclic) bond motifs is 1. The fourth-order valence-electron chi connectivity index (χ4n) is 4.71. The summed E-state index contributed by atoms with van der Waals surface area (Å²) < 4.78 is 6.87. The van der Waals surface area contributed by atoms with E-state index in [0.29, 0.717) is 17.9 Å². The van der Waals surface area contributed by atoms with E-state index in [1.165, 1.54) is 29.5 Å². The van der Waals surface area contributed by atoms with Crippen molar-refractivity contribution < 1.29 is 4.74 Å². The van der Waals surface area contributed by atoms with Crippen LogP contribution in [0.2, 0.25) is 0 Å². The predicted molar refractivity (Wildman–Crippen MR) is 87.7 cm³/mol. The molecule has 2 heteroatoms. The Labute approximate surface area is 130 Å². The molecule has 2 aliphatic rings. The molecule has 4 atom stereocenters. The van der Waals surface area contributed by atoms with Crippen molar-refractivity contribution in [2.75, 3.05) is 7.11 Å². The first-order chi connectivity index (χ1) is 9.47. The van der Waals surface area contributed by atoms with E-state index >= 15 is 0 Å². The van der Waals surface area contributed by atoms with Crippen LogP contribution in [0.1, 0.15) is 37.8 Å². The molecule has 0 amide bonds. The van der Waals surface area contributed by atoms with Crippen LogP contribution in [0, 0.1) is 17.3 Å². The first-order valence-electron chi connectivity index (χ1n) is 7.48. The van der Waals surface area contributed by atoms with Crippen molar-refractivity contribution in [1.29, 1.82) is 0 Å². The van der Waals surface area contributed by atoms with Gasteiger partial charge in [-0.3, -0.25) is 0 Å². The molecule has 0 heterocycles. The summed E-state index contributed by atoms with van der Waals surface area (Å²) in [5.41, 5.74) is 4.45. The molecule has 1 aromatic carbocycles. The number of ether oxygens (including phenoxy) is 1. The van der Waals surface area contributed by atoms with Gasteiger partial charge in [0.15, 0.2) is 0 Å². The van der Waals surface area contributed by atoms with Crippen molar-refractivity contribution in [2.24, 2.45) is 17.3 Å². The van der Waals surface area contributed by atoms with E-state index in [1.54, 1.807) is 0 Å². The van der Waals surface area contributed by atoms with Gasteiger partial charge in [0.05, 0.1) is 6.10 Å². The number of methoxy groups -OCH3 is 1. The number of benzene rings is 1. The SMILES string of the molecule is C=C1c2cc(Br)ccc2CC12C[C@@H](C)C(OC)[C@@H](C)C2. The standard InChI is InChI=1S/C18H23BrO/c1-11-8-18(9-12(2)17(11)20-4)10-14-5-6-15(19)7-16(14)13(18)3/h5-7,11-12,17H,3,8-10H2,1-2,4H3/t11-,12+,17?,18?. The first-order valence-corrected chi connectivity index (χ1v) is 8.27. The van der Waals surface area contributed by atoms with Gasteiger partial charge in [-0.05, 0) is 59.9 Å². The minimum atomic E-state index is 0.261.